The minimum atomic E-state index is -0.0686. The van der Waals surface area contributed by atoms with Crippen molar-refractivity contribution in [3.63, 3.8) is 0 Å². The first-order chi connectivity index (χ1) is 12.6. The zero-order valence-corrected chi connectivity index (χ0v) is 18.3. The van der Waals surface area contributed by atoms with Gasteiger partial charge in [-0.1, -0.05) is 11.6 Å². The number of hydrogen-bond donors (Lipinski definition) is 2. The highest BCUT2D eigenvalue weighted by Crippen LogP contribution is 2.22. The number of carbonyl (C=O) groups excluding carboxylic acids is 2. The summed E-state index contributed by atoms with van der Waals surface area (Å²) in [7, 11) is 0. The fourth-order valence-electron chi connectivity index (χ4n) is 3.73. The first-order valence-corrected chi connectivity index (χ1v) is 9.90. The maximum Gasteiger partial charge on any atom is 0.228 e. The lowest BCUT2D eigenvalue weighted by Gasteiger charge is -2.32. The summed E-state index contributed by atoms with van der Waals surface area (Å²) < 4.78 is 0. The molecule has 0 saturated carbocycles. The van der Waals surface area contributed by atoms with E-state index in [0.29, 0.717) is 49.1 Å². The first kappa shape index (κ1) is 25.0. The van der Waals surface area contributed by atoms with Crippen LogP contribution in [0.25, 0.3) is 0 Å². The molecule has 2 aliphatic rings. The van der Waals surface area contributed by atoms with Crippen LogP contribution in [0.2, 0.25) is 5.02 Å². The SMILES string of the molecule is Cl.Cl.O=C(Nc1ccc(Cl)cn1)C1CCN(C(=O)CCC2CCNCC2)CC1. The molecule has 2 aliphatic heterocycles. The number of hydrogen-bond acceptors (Lipinski definition) is 4. The van der Waals surface area contributed by atoms with Gasteiger partial charge in [0, 0.05) is 31.6 Å². The number of nitrogens with one attached hydrogen (secondary N) is 2. The molecule has 2 N–H and O–H groups in total. The molecule has 6 nitrogen and oxygen atoms in total. The third-order valence-electron chi connectivity index (χ3n) is 5.42. The molecular weight excluding hydrogens is 423 g/mol. The van der Waals surface area contributed by atoms with Crippen LogP contribution in [0.5, 0.6) is 0 Å². The Kier molecular flexibility index (Phi) is 11.1. The quantitative estimate of drug-likeness (QED) is 0.718. The van der Waals surface area contributed by atoms with Gasteiger partial charge in [-0.15, -0.1) is 24.8 Å². The molecule has 28 heavy (non-hydrogen) atoms. The lowest BCUT2D eigenvalue weighted by molar-refractivity contribution is -0.134. The van der Waals surface area contributed by atoms with Crippen LogP contribution in [0.3, 0.4) is 0 Å². The van der Waals surface area contributed by atoms with E-state index in [4.69, 9.17) is 11.6 Å². The molecule has 3 rings (SSSR count). The van der Waals surface area contributed by atoms with Gasteiger partial charge in [-0.25, -0.2) is 4.98 Å². The highest BCUT2D eigenvalue weighted by molar-refractivity contribution is 6.30. The van der Waals surface area contributed by atoms with E-state index >= 15 is 0 Å². The number of nitrogens with zero attached hydrogens (tertiary/aromatic N) is 2. The van der Waals surface area contributed by atoms with Gasteiger partial charge in [0.05, 0.1) is 5.02 Å². The van der Waals surface area contributed by atoms with Crippen molar-refractivity contribution >= 4 is 54.0 Å². The van der Waals surface area contributed by atoms with E-state index in [2.05, 4.69) is 15.6 Å². The van der Waals surface area contributed by atoms with Crippen LogP contribution in [0.1, 0.15) is 38.5 Å². The molecule has 158 valence electrons. The number of rotatable bonds is 5. The Morgan fingerprint density at radius 2 is 1.82 bits per heavy atom. The van der Waals surface area contributed by atoms with Crippen LogP contribution in [0, 0.1) is 11.8 Å². The van der Waals surface area contributed by atoms with Gasteiger partial charge < -0.3 is 15.5 Å². The van der Waals surface area contributed by atoms with Gasteiger partial charge in [0.2, 0.25) is 11.8 Å². The van der Waals surface area contributed by atoms with E-state index in [9.17, 15) is 9.59 Å². The minimum Gasteiger partial charge on any atom is -0.343 e. The van der Waals surface area contributed by atoms with Crippen molar-refractivity contribution in [1.29, 1.82) is 0 Å². The third-order valence-corrected chi connectivity index (χ3v) is 5.65. The normalized spacial score (nSPS) is 18.0. The summed E-state index contributed by atoms with van der Waals surface area (Å²) in [4.78, 5) is 30.8. The summed E-state index contributed by atoms with van der Waals surface area (Å²) in [5.74, 6) is 1.33. The standard InChI is InChI=1S/C19H27ClN4O2.2ClH/c20-16-2-3-17(22-13-16)23-19(26)15-7-11-24(12-8-15)18(25)4-1-14-5-9-21-10-6-14;;/h2-3,13-15,21H,1,4-12H2,(H,22,23,26);2*1H. The van der Waals surface area contributed by atoms with Crippen molar-refractivity contribution in [3.05, 3.63) is 23.4 Å². The second-order valence-corrected chi connectivity index (χ2v) is 7.67. The van der Waals surface area contributed by atoms with Crippen LogP contribution >= 0.6 is 36.4 Å². The van der Waals surface area contributed by atoms with E-state index in [0.717, 1.165) is 19.5 Å². The van der Waals surface area contributed by atoms with E-state index < -0.39 is 0 Å². The third kappa shape index (κ3) is 7.39. The fourth-order valence-corrected chi connectivity index (χ4v) is 3.84. The van der Waals surface area contributed by atoms with Gasteiger partial charge in [-0.3, -0.25) is 9.59 Å². The molecule has 0 radical (unpaired) electrons. The monoisotopic (exact) mass is 450 g/mol. The number of halogens is 3. The van der Waals surface area contributed by atoms with Crippen molar-refractivity contribution in [1.82, 2.24) is 15.2 Å². The summed E-state index contributed by atoms with van der Waals surface area (Å²) in [6.07, 6.45) is 6.90. The molecule has 9 heteroatoms. The maximum absolute atomic E-state index is 12.4. The summed E-state index contributed by atoms with van der Waals surface area (Å²) in [6, 6.07) is 3.40. The molecule has 0 aliphatic carbocycles. The van der Waals surface area contributed by atoms with Gasteiger partial charge in [-0.05, 0) is 63.2 Å². The molecular formula is C19H29Cl3N4O2. The van der Waals surface area contributed by atoms with E-state index in [1.807, 2.05) is 4.90 Å². The largest absolute Gasteiger partial charge is 0.343 e. The molecule has 1 aromatic heterocycles. The lowest BCUT2D eigenvalue weighted by atomic mass is 9.92. The highest BCUT2D eigenvalue weighted by atomic mass is 35.5. The number of likely N-dealkylation sites (tertiary alicyclic amines) is 1. The van der Waals surface area contributed by atoms with E-state index in [-0.39, 0.29) is 42.5 Å². The molecule has 0 unspecified atom stereocenters. The highest BCUT2D eigenvalue weighted by Gasteiger charge is 2.27. The van der Waals surface area contributed by atoms with Gasteiger partial charge >= 0.3 is 0 Å². The van der Waals surface area contributed by atoms with Crippen LogP contribution in [-0.4, -0.2) is 47.9 Å². The molecule has 3 heterocycles. The number of carbonyl (C=O) groups is 2. The minimum absolute atomic E-state index is 0. The molecule has 2 fully saturated rings. The Labute approximate surface area is 184 Å². The van der Waals surface area contributed by atoms with E-state index in [1.165, 1.54) is 19.0 Å². The van der Waals surface area contributed by atoms with Crippen LogP contribution in [-0.2, 0) is 9.59 Å². The average Bonchev–Trinajstić information content (AvgIpc) is 2.69. The van der Waals surface area contributed by atoms with Crippen LogP contribution in [0.4, 0.5) is 5.82 Å². The second kappa shape index (κ2) is 12.5. The fraction of sp³-hybridized carbons (Fsp3) is 0.632. The zero-order valence-electron chi connectivity index (χ0n) is 15.9. The number of amides is 2. The van der Waals surface area contributed by atoms with Crippen molar-refractivity contribution < 1.29 is 9.59 Å². The van der Waals surface area contributed by atoms with Crippen molar-refractivity contribution in [2.24, 2.45) is 11.8 Å². The average molecular weight is 452 g/mol. The van der Waals surface area contributed by atoms with Gasteiger partial charge in [0.15, 0.2) is 0 Å². The second-order valence-electron chi connectivity index (χ2n) is 7.24. The van der Waals surface area contributed by atoms with Crippen molar-refractivity contribution in [3.8, 4) is 0 Å². The van der Waals surface area contributed by atoms with E-state index in [1.54, 1.807) is 12.1 Å². The number of aromatic nitrogens is 1. The van der Waals surface area contributed by atoms with Crippen LogP contribution < -0.4 is 10.6 Å². The predicted molar refractivity (Wildman–Crippen MR) is 117 cm³/mol. The topological polar surface area (TPSA) is 74.3 Å². The van der Waals surface area contributed by atoms with Gasteiger partial charge in [0.25, 0.3) is 0 Å². The molecule has 1 aromatic rings. The first-order valence-electron chi connectivity index (χ1n) is 9.53. The van der Waals surface area contributed by atoms with Crippen molar-refractivity contribution in [2.45, 2.75) is 38.5 Å². The Balaban J connectivity index is 0.00000196. The molecule has 2 amide bonds. The summed E-state index contributed by atoms with van der Waals surface area (Å²) in [5, 5.41) is 6.73. The Morgan fingerprint density at radius 1 is 1.14 bits per heavy atom. The Hall–Kier alpha value is -1.08. The molecule has 0 atom stereocenters. The zero-order chi connectivity index (χ0) is 18.4. The smallest absolute Gasteiger partial charge is 0.228 e. The summed E-state index contributed by atoms with van der Waals surface area (Å²) in [5.41, 5.74) is 0. The number of pyridine rings is 1. The predicted octanol–water partition coefficient (Wildman–Crippen LogP) is 3.54. The Bertz CT molecular complexity index is 616. The summed E-state index contributed by atoms with van der Waals surface area (Å²) in [6.45, 7) is 3.47. The van der Waals surface area contributed by atoms with Crippen molar-refractivity contribution in [2.75, 3.05) is 31.5 Å². The lowest BCUT2D eigenvalue weighted by Crippen LogP contribution is -2.41. The number of piperidine rings is 2. The van der Waals surface area contributed by atoms with Crippen LogP contribution in [0.15, 0.2) is 18.3 Å². The molecule has 0 aromatic carbocycles. The molecule has 0 bridgehead atoms. The number of anilines is 1. The summed E-state index contributed by atoms with van der Waals surface area (Å²) >= 11 is 5.80. The Morgan fingerprint density at radius 3 is 2.43 bits per heavy atom. The van der Waals surface area contributed by atoms with Gasteiger partial charge in [-0.2, -0.15) is 0 Å². The molecule has 0 spiro atoms. The molecule has 2 saturated heterocycles. The van der Waals surface area contributed by atoms with Gasteiger partial charge in [0.1, 0.15) is 5.82 Å². The maximum atomic E-state index is 12.4.